The molecule has 1 atom stereocenters. The molecule has 2 aromatic heterocycles. The molecule has 1 unspecified atom stereocenters. The number of carbonyl (C=O) groups excluding carboxylic acids is 1. The van der Waals surface area contributed by atoms with E-state index in [0.29, 0.717) is 28.8 Å². The molecule has 8 nitrogen and oxygen atoms in total. The predicted octanol–water partition coefficient (Wildman–Crippen LogP) is 2.32. The number of aromatic amines is 3. The third-order valence-electron chi connectivity index (χ3n) is 4.64. The molecule has 4 N–H and O–H groups in total. The van der Waals surface area contributed by atoms with Gasteiger partial charge in [-0.2, -0.15) is 11.8 Å². The van der Waals surface area contributed by atoms with Crippen LogP contribution >= 0.6 is 11.8 Å². The van der Waals surface area contributed by atoms with Gasteiger partial charge in [-0.05, 0) is 48.8 Å². The second-order valence-electron chi connectivity index (χ2n) is 6.62. The number of aromatic nitrogens is 4. The number of fused-ring (bicyclic) bond motifs is 2. The summed E-state index contributed by atoms with van der Waals surface area (Å²) in [5, 5.41) is 3.03. The molecule has 0 spiro atoms. The lowest BCUT2D eigenvalue weighted by Crippen LogP contribution is -2.30. The van der Waals surface area contributed by atoms with Crippen molar-refractivity contribution in [3.8, 4) is 0 Å². The van der Waals surface area contributed by atoms with Crippen molar-refractivity contribution in [2.45, 2.75) is 12.5 Å². The van der Waals surface area contributed by atoms with Crippen molar-refractivity contribution in [3.63, 3.8) is 0 Å². The van der Waals surface area contributed by atoms with Gasteiger partial charge in [0.05, 0.1) is 28.1 Å². The number of hydrogen-bond donors (Lipinski definition) is 4. The van der Waals surface area contributed by atoms with Crippen LogP contribution < -0.4 is 16.4 Å². The summed E-state index contributed by atoms with van der Waals surface area (Å²) in [5.41, 5.74) is 1.52. The lowest BCUT2D eigenvalue weighted by atomic mass is 10.1. The Labute approximate surface area is 169 Å². The second kappa shape index (κ2) is 7.96. The first-order valence-electron chi connectivity index (χ1n) is 9.06. The summed E-state index contributed by atoms with van der Waals surface area (Å²) in [5.74, 6) is 1.27. The van der Waals surface area contributed by atoms with Gasteiger partial charge in [-0.3, -0.25) is 14.4 Å². The maximum absolute atomic E-state index is 12.9. The van der Waals surface area contributed by atoms with E-state index in [1.807, 2.05) is 30.5 Å². The highest BCUT2D eigenvalue weighted by Gasteiger charge is 2.19. The topological polar surface area (TPSA) is 124 Å². The number of benzene rings is 2. The quantitative estimate of drug-likeness (QED) is 0.364. The van der Waals surface area contributed by atoms with Crippen LogP contribution in [0.2, 0.25) is 0 Å². The van der Waals surface area contributed by atoms with Crippen LogP contribution in [0.1, 0.15) is 28.6 Å². The number of H-pyrrole nitrogens is 3. The Hall–Kier alpha value is -3.33. The molecule has 0 fully saturated rings. The molecule has 9 heteroatoms. The van der Waals surface area contributed by atoms with E-state index in [9.17, 15) is 14.4 Å². The summed E-state index contributed by atoms with van der Waals surface area (Å²) in [6, 6.07) is 12.2. The number of amides is 1. The number of hydrogen-bond acceptors (Lipinski definition) is 5. The van der Waals surface area contributed by atoms with Gasteiger partial charge in [0.15, 0.2) is 0 Å². The molecular weight excluding hydrogens is 390 g/mol. The van der Waals surface area contributed by atoms with Crippen molar-refractivity contribution in [2.24, 2.45) is 0 Å². The fourth-order valence-electron chi connectivity index (χ4n) is 3.15. The Morgan fingerprint density at radius 3 is 2.55 bits per heavy atom. The molecule has 0 saturated heterocycles. The third-order valence-corrected chi connectivity index (χ3v) is 5.28. The Bertz CT molecular complexity index is 1270. The molecule has 2 heterocycles. The highest BCUT2D eigenvalue weighted by Crippen LogP contribution is 2.21. The van der Waals surface area contributed by atoms with Crippen molar-refractivity contribution in [2.75, 3.05) is 12.0 Å². The second-order valence-corrected chi connectivity index (χ2v) is 7.60. The summed E-state index contributed by atoms with van der Waals surface area (Å²) >= 11 is 1.69. The number of para-hydroxylation sites is 2. The lowest BCUT2D eigenvalue weighted by Gasteiger charge is -2.16. The molecule has 4 rings (SSSR count). The first kappa shape index (κ1) is 19.0. The van der Waals surface area contributed by atoms with E-state index in [1.54, 1.807) is 30.0 Å². The average Bonchev–Trinajstić information content (AvgIpc) is 3.15. The lowest BCUT2D eigenvalue weighted by molar-refractivity contribution is 0.0934. The van der Waals surface area contributed by atoms with Gasteiger partial charge < -0.3 is 20.3 Å². The maximum atomic E-state index is 12.9. The summed E-state index contributed by atoms with van der Waals surface area (Å²) < 4.78 is 0. The van der Waals surface area contributed by atoms with E-state index in [2.05, 4.69) is 25.3 Å². The van der Waals surface area contributed by atoms with Crippen LogP contribution in [0.3, 0.4) is 0 Å². The number of carbonyl (C=O) groups is 1. The van der Waals surface area contributed by atoms with Crippen molar-refractivity contribution in [1.29, 1.82) is 0 Å². The fraction of sp³-hybridized carbons (Fsp3) is 0.200. The zero-order valence-corrected chi connectivity index (χ0v) is 16.4. The Morgan fingerprint density at radius 2 is 1.79 bits per heavy atom. The molecule has 148 valence electrons. The zero-order chi connectivity index (χ0) is 20.4. The van der Waals surface area contributed by atoms with Crippen LogP contribution in [0.4, 0.5) is 0 Å². The van der Waals surface area contributed by atoms with Crippen LogP contribution in [-0.4, -0.2) is 37.9 Å². The number of nitrogens with zero attached hydrogens (tertiary/aromatic N) is 1. The molecule has 1 amide bonds. The van der Waals surface area contributed by atoms with Gasteiger partial charge in [-0.15, -0.1) is 0 Å². The average molecular weight is 409 g/mol. The molecular formula is C20H19N5O3S. The first-order chi connectivity index (χ1) is 14.0. The Morgan fingerprint density at radius 1 is 1.03 bits per heavy atom. The van der Waals surface area contributed by atoms with Crippen molar-refractivity contribution < 1.29 is 4.79 Å². The monoisotopic (exact) mass is 409 g/mol. The molecule has 4 aromatic rings. The van der Waals surface area contributed by atoms with Crippen molar-refractivity contribution in [1.82, 2.24) is 25.3 Å². The fourth-order valence-corrected chi connectivity index (χ4v) is 3.62. The van der Waals surface area contributed by atoms with Crippen molar-refractivity contribution in [3.05, 3.63) is 74.6 Å². The highest BCUT2D eigenvalue weighted by molar-refractivity contribution is 7.98. The zero-order valence-electron chi connectivity index (χ0n) is 15.6. The van der Waals surface area contributed by atoms with Crippen LogP contribution in [0, 0.1) is 0 Å². The first-order valence-corrected chi connectivity index (χ1v) is 10.5. The minimum Gasteiger partial charge on any atom is -0.342 e. The third kappa shape index (κ3) is 3.95. The van der Waals surface area contributed by atoms with Gasteiger partial charge in [-0.1, -0.05) is 12.1 Å². The molecule has 0 saturated carbocycles. The van der Waals surface area contributed by atoms with E-state index in [-0.39, 0.29) is 11.9 Å². The van der Waals surface area contributed by atoms with E-state index >= 15 is 0 Å². The highest BCUT2D eigenvalue weighted by atomic mass is 32.2. The normalized spacial score (nSPS) is 12.3. The SMILES string of the molecule is CSCCC(NC(=O)c1ccc2[nH]c(=O)c(=O)[nH]c2c1)c1nc2ccccc2[nH]1. The number of rotatable bonds is 6. The van der Waals surface area contributed by atoms with E-state index in [1.165, 1.54) is 0 Å². The molecule has 0 aliphatic heterocycles. The van der Waals surface area contributed by atoms with Gasteiger partial charge in [0.1, 0.15) is 5.82 Å². The number of thioether (sulfide) groups is 1. The minimum atomic E-state index is -0.754. The summed E-state index contributed by atoms with van der Waals surface area (Å²) in [6.07, 6.45) is 2.72. The van der Waals surface area contributed by atoms with Gasteiger partial charge in [0, 0.05) is 5.56 Å². The van der Waals surface area contributed by atoms with Crippen LogP contribution in [0.25, 0.3) is 22.1 Å². The van der Waals surface area contributed by atoms with E-state index in [0.717, 1.165) is 16.8 Å². The minimum absolute atomic E-state index is 0.285. The standard InChI is InChI=1S/C20H19N5O3S/c1-29-9-8-15(17-21-12-4-2-3-5-13(12)22-17)24-18(26)11-6-7-14-16(10-11)25-20(28)19(27)23-14/h2-7,10,15H,8-9H2,1H3,(H,21,22)(H,23,27)(H,24,26)(H,25,28). The van der Waals surface area contributed by atoms with Crippen molar-refractivity contribution >= 4 is 39.7 Å². The summed E-state index contributed by atoms with van der Waals surface area (Å²) in [6.45, 7) is 0. The molecule has 0 bridgehead atoms. The molecule has 29 heavy (non-hydrogen) atoms. The van der Waals surface area contributed by atoms with E-state index in [4.69, 9.17) is 0 Å². The van der Waals surface area contributed by atoms with E-state index < -0.39 is 11.1 Å². The summed E-state index contributed by atoms with van der Waals surface area (Å²) in [4.78, 5) is 48.8. The van der Waals surface area contributed by atoms with Gasteiger partial charge >= 0.3 is 11.1 Å². The van der Waals surface area contributed by atoms with Crippen LogP contribution in [0.5, 0.6) is 0 Å². The summed E-state index contributed by atoms with van der Waals surface area (Å²) in [7, 11) is 0. The number of imidazole rings is 1. The molecule has 0 aliphatic carbocycles. The van der Waals surface area contributed by atoms with Gasteiger partial charge in [-0.25, -0.2) is 4.98 Å². The van der Waals surface area contributed by atoms with Crippen LogP contribution in [-0.2, 0) is 0 Å². The molecule has 0 radical (unpaired) electrons. The molecule has 2 aromatic carbocycles. The maximum Gasteiger partial charge on any atom is 0.314 e. The van der Waals surface area contributed by atoms with Crippen LogP contribution in [0.15, 0.2) is 52.1 Å². The molecule has 0 aliphatic rings. The smallest absolute Gasteiger partial charge is 0.314 e. The van der Waals surface area contributed by atoms with Gasteiger partial charge in [0.2, 0.25) is 0 Å². The Kier molecular flexibility index (Phi) is 5.22. The Balaban J connectivity index is 1.63. The largest absolute Gasteiger partial charge is 0.342 e. The predicted molar refractivity (Wildman–Crippen MR) is 114 cm³/mol. The van der Waals surface area contributed by atoms with Gasteiger partial charge in [0.25, 0.3) is 5.91 Å². The number of nitrogens with one attached hydrogen (secondary N) is 4.